The second kappa shape index (κ2) is 9.13. The number of hydrogen-bond donors (Lipinski definition) is 1. The minimum Gasteiger partial charge on any atom is -0.458 e. The number of hydrogen-bond acceptors (Lipinski definition) is 5. The Balaban J connectivity index is 2.56. The predicted molar refractivity (Wildman–Crippen MR) is 79.2 cm³/mol. The third kappa shape index (κ3) is 6.90. The van der Waals surface area contributed by atoms with Crippen molar-refractivity contribution < 1.29 is 19.1 Å². The number of rotatable bonds is 8. The van der Waals surface area contributed by atoms with Gasteiger partial charge in [-0.3, -0.25) is 4.79 Å². The fourth-order valence-corrected chi connectivity index (χ4v) is 1.78. The summed E-state index contributed by atoms with van der Waals surface area (Å²) in [7, 11) is 0. The summed E-state index contributed by atoms with van der Waals surface area (Å²) in [6.45, 7) is 4.28. The minimum absolute atomic E-state index is 0.0978. The van der Waals surface area contributed by atoms with Crippen LogP contribution < -0.4 is 5.73 Å². The molecule has 1 rings (SSSR count). The molecule has 0 aliphatic carbocycles. The zero-order valence-corrected chi connectivity index (χ0v) is 12.6. The number of benzene rings is 1. The molecule has 0 spiro atoms. The molecule has 5 heteroatoms. The van der Waals surface area contributed by atoms with Gasteiger partial charge in [0.05, 0.1) is 6.42 Å². The van der Waals surface area contributed by atoms with Gasteiger partial charge >= 0.3 is 11.9 Å². The topological polar surface area (TPSA) is 78.6 Å². The van der Waals surface area contributed by atoms with Crippen molar-refractivity contribution >= 4 is 11.9 Å². The first-order chi connectivity index (χ1) is 10.0. The average molecular weight is 293 g/mol. The summed E-state index contributed by atoms with van der Waals surface area (Å²) in [5.74, 6) is -0.775. The molecule has 1 atom stereocenters. The maximum absolute atomic E-state index is 12.1. The van der Waals surface area contributed by atoms with Crippen LogP contribution >= 0.6 is 0 Å². The third-order valence-corrected chi connectivity index (χ3v) is 2.79. The normalized spacial score (nSPS) is 12.0. The Morgan fingerprint density at radius 3 is 2.43 bits per heavy atom. The second-order valence-electron chi connectivity index (χ2n) is 5.24. The van der Waals surface area contributed by atoms with E-state index in [0.29, 0.717) is 6.42 Å². The summed E-state index contributed by atoms with van der Waals surface area (Å²) in [5.41, 5.74) is 6.19. The molecular formula is C16H23NO4. The van der Waals surface area contributed by atoms with Crippen molar-refractivity contribution in [1.82, 2.24) is 0 Å². The van der Waals surface area contributed by atoms with Crippen LogP contribution in [0.15, 0.2) is 30.3 Å². The van der Waals surface area contributed by atoms with Gasteiger partial charge in [0.15, 0.2) is 6.10 Å². The lowest BCUT2D eigenvalue weighted by molar-refractivity contribution is -0.169. The van der Waals surface area contributed by atoms with Crippen LogP contribution in [0.5, 0.6) is 0 Å². The van der Waals surface area contributed by atoms with E-state index in [1.165, 1.54) is 0 Å². The molecule has 0 amide bonds. The first kappa shape index (κ1) is 17.2. The molecular weight excluding hydrogens is 270 g/mol. The van der Waals surface area contributed by atoms with Gasteiger partial charge in [0.1, 0.15) is 6.61 Å². The van der Waals surface area contributed by atoms with E-state index >= 15 is 0 Å². The van der Waals surface area contributed by atoms with Crippen LogP contribution in [-0.2, 0) is 25.7 Å². The Labute approximate surface area is 125 Å². The number of esters is 2. The predicted octanol–water partition coefficient (Wildman–Crippen LogP) is 2.04. The van der Waals surface area contributed by atoms with E-state index in [4.69, 9.17) is 15.2 Å². The SMILES string of the molecule is CC(C)C[C@@H](OC(=O)CCN)C(=O)OCc1ccccc1. The quantitative estimate of drug-likeness (QED) is 0.742. The Hall–Kier alpha value is -1.88. The molecule has 0 fully saturated rings. The van der Waals surface area contributed by atoms with E-state index in [9.17, 15) is 9.59 Å². The number of nitrogens with two attached hydrogens (primary N) is 1. The van der Waals surface area contributed by atoms with Crippen LogP contribution in [0.25, 0.3) is 0 Å². The van der Waals surface area contributed by atoms with Gasteiger partial charge in [-0.15, -0.1) is 0 Å². The highest BCUT2D eigenvalue weighted by atomic mass is 16.6. The van der Waals surface area contributed by atoms with Gasteiger partial charge in [-0.1, -0.05) is 44.2 Å². The van der Waals surface area contributed by atoms with Crippen molar-refractivity contribution in [3.63, 3.8) is 0 Å². The molecule has 1 aromatic rings. The van der Waals surface area contributed by atoms with Crippen molar-refractivity contribution in [2.45, 2.75) is 39.4 Å². The number of carbonyl (C=O) groups excluding carboxylic acids is 2. The molecule has 0 aliphatic heterocycles. The third-order valence-electron chi connectivity index (χ3n) is 2.79. The Morgan fingerprint density at radius 1 is 1.19 bits per heavy atom. The molecule has 0 radical (unpaired) electrons. The van der Waals surface area contributed by atoms with Crippen LogP contribution in [0.4, 0.5) is 0 Å². The van der Waals surface area contributed by atoms with Gasteiger partial charge in [0.25, 0.3) is 0 Å². The van der Waals surface area contributed by atoms with E-state index in [1.54, 1.807) is 0 Å². The molecule has 0 aromatic heterocycles. The second-order valence-corrected chi connectivity index (χ2v) is 5.24. The zero-order valence-electron chi connectivity index (χ0n) is 12.6. The fraction of sp³-hybridized carbons (Fsp3) is 0.500. The lowest BCUT2D eigenvalue weighted by atomic mass is 10.1. The maximum atomic E-state index is 12.1. The molecule has 0 saturated heterocycles. The summed E-state index contributed by atoms with van der Waals surface area (Å²) in [6, 6.07) is 9.36. The largest absolute Gasteiger partial charge is 0.458 e. The van der Waals surface area contributed by atoms with Gasteiger partial charge in [0.2, 0.25) is 0 Å². The molecule has 0 heterocycles. The summed E-state index contributed by atoms with van der Waals surface area (Å²) in [5, 5.41) is 0. The Bertz CT molecular complexity index is 445. The van der Waals surface area contributed by atoms with E-state index in [0.717, 1.165) is 5.56 Å². The average Bonchev–Trinajstić information content (AvgIpc) is 2.45. The van der Waals surface area contributed by atoms with Crippen LogP contribution in [0.2, 0.25) is 0 Å². The Kier molecular flexibility index (Phi) is 7.46. The van der Waals surface area contributed by atoms with E-state index in [-0.39, 0.29) is 25.5 Å². The Morgan fingerprint density at radius 2 is 1.86 bits per heavy atom. The summed E-state index contributed by atoms with van der Waals surface area (Å²) >= 11 is 0. The standard InChI is InChI=1S/C16H23NO4/c1-12(2)10-14(21-15(18)8-9-17)16(19)20-11-13-6-4-3-5-7-13/h3-7,12,14H,8-11,17H2,1-2H3/t14-/m1/s1. The highest BCUT2D eigenvalue weighted by Gasteiger charge is 2.25. The highest BCUT2D eigenvalue weighted by Crippen LogP contribution is 2.12. The van der Waals surface area contributed by atoms with Crippen LogP contribution in [0.1, 0.15) is 32.3 Å². The molecule has 1 aromatic carbocycles. The van der Waals surface area contributed by atoms with E-state index in [1.807, 2.05) is 44.2 Å². The molecule has 21 heavy (non-hydrogen) atoms. The van der Waals surface area contributed by atoms with E-state index < -0.39 is 18.0 Å². The van der Waals surface area contributed by atoms with Crippen LogP contribution in [-0.4, -0.2) is 24.6 Å². The van der Waals surface area contributed by atoms with Crippen molar-refractivity contribution in [2.75, 3.05) is 6.54 Å². The lowest BCUT2D eigenvalue weighted by Gasteiger charge is -2.18. The first-order valence-corrected chi connectivity index (χ1v) is 7.13. The lowest BCUT2D eigenvalue weighted by Crippen LogP contribution is -2.31. The van der Waals surface area contributed by atoms with Gasteiger partial charge in [-0.05, 0) is 17.9 Å². The molecule has 116 valence electrons. The highest BCUT2D eigenvalue weighted by molar-refractivity contribution is 5.79. The molecule has 0 bridgehead atoms. The van der Waals surface area contributed by atoms with E-state index in [2.05, 4.69) is 0 Å². The first-order valence-electron chi connectivity index (χ1n) is 7.13. The van der Waals surface area contributed by atoms with Crippen molar-refractivity contribution in [1.29, 1.82) is 0 Å². The van der Waals surface area contributed by atoms with Crippen molar-refractivity contribution in [2.24, 2.45) is 11.7 Å². The zero-order chi connectivity index (χ0) is 15.7. The van der Waals surface area contributed by atoms with Crippen LogP contribution in [0.3, 0.4) is 0 Å². The minimum atomic E-state index is -0.868. The molecule has 5 nitrogen and oxygen atoms in total. The molecule has 0 unspecified atom stereocenters. The monoisotopic (exact) mass is 293 g/mol. The summed E-state index contributed by atoms with van der Waals surface area (Å²) in [6.07, 6.45) is -0.336. The molecule has 0 saturated carbocycles. The van der Waals surface area contributed by atoms with Gasteiger partial charge < -0.3 is 15.2 Å². The van der Waals surface area contributed by atoms with Crippen molar-refractivity contribution in [3.05, 3.63) is 35.9 Å². The molecule has 2 N–H and O–H groups in total. The van der Waals surface area contributed by atoms with Gasteiger partial charge in [0, 0.05) is 6.54 Å². The maximum Gasteiger partial charge on any atom is 0.347 e. The number of ether oxygens (including phenoxy) is 2. The van der Waals surface area contributed by atoms with Crippen LogP contribution in [0, 0.1) is 5.92 Å². The summed E-state index contributed by atoms with van der Waals surface area (Å²) in [4.78, 5) is 23.6. The van der Waals surface area contributed by atoms with Crippen molar-refractivity contribution in [3.8, 4) is 0 Å². The van der Waals surface area contributed by atoms with Gasteiger partial charge in [-0.25, -0.2) is 4.79 Å². The fourth-order valence-electron chi connectivity index (χ4n) is 1.78. The van der Waals surface area contributed by atoms with Gasteiger partial charge in [-0.2, -0.15) is 0 Å². The smallest absolute Gasteiger partial charge is 0.347 e. The number of carbonyl (C=O) groups is 2. The summed E-state index contributed by atoms with van der Waals surface area (Å²) < 4.78 is 10.4. The molecule has 0 aliphatic rings.